The lowest BCUT2D eigenvalue weighted by Gasteiger charge is -2.40. The lowest BCUT2D eigenvalue weighted by atomic mass is 10.1. The molecule has 1 fully saturated rings. The molecule has 5 heteroatoms. The van der Waals surface area contributed by atoms with Crippen molar-refractivity contribution < 1.29 is 9.53 Å². The van der Waals surface area contributed by atoms with Crippen molar-refractivity contribution in [3.05, 3.63) is 59.2 Å². The van der Waals surface area contributed by atoms with E-state index < -0.39 is 0 Å². The lowest BCUT2D eigenvalue weighted by Crippen LogP contribution is -2.54. The van der Waals surface area contributed by atoms with E-state index in [1.165, 1.54) is 11.1 Å². The molecular formula is C23H27N3O2. The summed E-state index contributed by atoms with van der Waals surface area (Å²) in [5.41, 5.74) is 5.57. The standard InChI is InChI=1S/C23H27N3O2/c1-15-9-10-19(11-16(15)2)24-22-20-7-5-6-8-21(20)26(23(22)27)14-25-17(3)12-28-13-18(25)4/h5-11,17-18H,12-14H2,1-4H3/t17-,18-/m1/s1. The zero-order valence-electron chi connectivity index (χ0n) is 17.0. The molecule has 0 spiro atoms. The van der Waals surface area contributed by atoms with Crippen molar-refractivity contribution in [1.82, 2.24) is 4.90 Å². The molecule has 0 bridgehead atoms. The second-order valence-electron chi connectivity index (χ2n) is 7.87. The van der Waals surface area contributed by atoms with E-state index in [4.69, 9.17) is 9.73 Å². The molecule has 2 aromatic carbocycles. The molecule has 0 unspecified atom stereocenters. The van der Waals surface area contributed by atoms with Gasteiger partial charge in [-0.1, -0.05) is 24.3 Å². The first kappa shape index (κ1) is 18.8. The molecule has 2 heterocycles. The van der Waals surface area contributed by atoms with Crippen molar-refractivity contribution in [3.63, 3.8) is 0 Å². The minimum Gasteiger partial charge on any atom is -0.378 e. The molecule has 5 nitrogen and oxygen atoms in total. The molecule has 1 saturated heterocycles. The normalized spacial score (nSPS) is 24.1. The summed E-state index contributed by atoms with van der Waals surface area (Å²) in [6.07, 6.45) is 0. The topological polar surface area (TPSA) is 45.1 Å². The van der Waals surface area contributed by atoms with E-state index in [2.05, 4.69) is 38.7 Å². The molecule has 2 aliphatic rings. The minimum absolute atomic E-state index is 0.0367. The van der Waals surface area contributed by atoms with E-state index in [1.54, 1.807) is 0 Å². The largest absolute Gasteiger partial charge is 0.378 e. The number of anilines is 1. The smallest absolute Gasteiger partial charge is 0.278 e. The number of nitrogens with zero attached hydrogens (tertiary/aromatic N) is 3. The second-order valence-corrected chi connectivity index (χ2v) is 7.87. The zero-order chi connectivity index (χ0) is 19.8. The van der Waals surface area contributed by atoms with Gasteiger partial charge in [0.15, 0.2) is 0 Å². The van der Waals surface area contributed by atoms with Gasteiger partial charge < -0.3 is 4.74 Å². The number of morpholine rings is 1. The molecule has 2 atom stereocenters. The van der Waals surface area contributed by atoms with Gasteiger partial charge in [-0.05, 0) is 57.0 Å². The summed E-state index contributed by atoms with van der Waals surface area (Å²) in [6, 6.07) is 14.5. The van der Waals surface area contributed by atoms with E-state index in [9.17, 15) is 4.79 Å². The number of para-hydroxylation sites is 1. The molecule has 28 heavy (non-hydrogen) atoms. The van der Waals surface area contributed by atoms with Crippen LogP contribution in [0, 0.1) is 13.8 Å². The van der Waals surface area contributed by atoms with Gasteiger partial charge in [0.25, 0.3) is 5.91 Å². The maximum absolute atomic E-state index is 13.3. The van der Waals surface area contributed by atoms with Crippen LogP contribution >= 0.6 is 0 Å². The number of amides is 1. The van der Waals surface area contributed by atoms with Crippen molar-refractivity contribution in [2.24, 2.45) is 4.99 Å². The van der Waals surface area contributed by atoms with E-state index in [1.807, 2.05) is 41.3 Å². The monoisotopic (exact) mass is 377 g/mol. The Balaban J connectivity index is 1.70. The molecular weight excluding hydrogens is 350 g/mol. The van der Waals surface area contributed by atoms with Crippen molar-refractivity contribution >= 4 is 23.0 Å². The van der Waals surface area contributed by atoms with Crippen molar-refractivity contribution in [1.29, 1.82) is 0 Å². The molecule has 2 aromatic rings. The number of aliphatic imine (C=N–C) groups is 1. The highest BCUT2D eigenvalue weighted by Gasteiger charge is 2.37. The first-order chi connectivity index (χ1) is 13.5. The molecule has 4 rings (SSSR count). The van der Waals surface area contributed by atoms with Crippen molar-refractivity contribution in [3.8, 4) is 0 Å². The number of aryl methyl sites for hydroxylation is 2. The first-order valence-corrected chi connectivity index (χ1v) is 9.86. The third-order valence-corrected chi connectivity index (χ3v) is 5.78. The van der Waals surface area contributed by atoms with Crippen LogP contribution in [-0.4, -0.2) is 48.5 Å². The Labute approximate surface area is 166 Å². The fourth-order valence-electron chi connectivity index (χ4n) is 3.91. The van der Waals surface area contributed by atoms with Crippen LogP contribution in [0.2, 0.25) is 0 Å². The van der Waals surface area contributed by atoms with E-state index in [0.29, 0.717) is 25.6 Å². The van der Waals surface area contributed by atoms with Crippen molar-refractivity contribution in [2.75, 3.05) is 24.8 Å². The lowest BCUT2D eigenvalue weighted by molar-refractivity contribution is -0.113. The van der Waals surface area contributed by atoms with Crippen LogP contribution in [0.4, 0.5) is 11.4 Å². The number of fused-ring (bicyclic) bond motifs is 1. The van der Waals surface area contributed by atoms with Gasteiger partial charge in [0.05, 0.1) is 31.3 Å². The fourth-order valence-corrected chi connectivity index (χ4v) is 3.91. The summed E-state index contributed by atoms with van der Waals surface area (Å²) >= 11 is 0. The molecule has 0 saturated carbocycles. The van der Waals surface area contributed by atoms with Crippen LogP contribution < -0.4 is 4.90 Å². The predicted octanol–water partition coefficient (Wildman–Crippen LogP) is 3.84. The first-order valence-electron chi connectivity index (χ1n) is 9.86. The fraction of sp³-hybridized carbons (Fsp3) is 0.391. The third-order valence-electron chi connectivity index (χ3n) is 5.78. The van der Waals surface area contributed by atoms with Crippen molar-refractivity contribution in [2.45, 2.75) is 39.8 Å². The quantitative estimate of drug-likeness (QED) is 0.816. The van der Waals surface area contributed by atoms with Crippen LogP contribution in [-0.2, 0) is 9.53 Å². The van der Waals surface area contributed by atoms with Crippen LogP contribution in [0.15, 0.2) is 47.5 Å². The van der Waals surface area contributed by atoms with E-state index in [0.717, 1.165) is 16.9 Å². The number of hydrogen-bond donors (Lipinski definition) is 0. The Bertz CT molecular complexity index is 927. The number of carbonyl (C=O) groups is 1. The SMILES string of the molecule is Cc1ccc(N=C2C(=O)N(CN3[C@H](C)COC[C@H]3C)c3ccccc32)cc1C. The van der Waals surface area contributed by atoms with Gasteiger partial charge >= 0.3 is 0 Å². The maximum atomic E-state index is 13.3. The van der Waals surface area contributed by atoms with E-state index >= 15 is 0 Å². The van der Waals surface area contributed by atoms with E-state index in [-0.39, 0.29) is 18.0 Å². The molecule has 0 aromatic heterocycles. The van der Waals surface area contributed by atoms with Gasteiger partial charge in [-0.15, -0.1) is 0 Å². The molecule has 0 radical (unpaired) electrons. The number of hydrogen-bond acceptors (Lipinski definition) is 4. The van der Waals surface area contributed by atoms with Gasteiger partial charge in [0.2, 0.25) is 0 Å². The number of ether oxygens (including phenoxy) is 1. The average Bonchev–Trinajstić information content (AvgIpc) is 2.93. The Morgan fingerprint density at radius 1 is 1.04 bits per heavy atom. The van der Waals surface area contributed by atoms with Gasteiger partial charge in [0, 0.05) is 17.6 Å². The molecule has 0 aliphatic carbocycles. The predicted molar refractivity (Wildman–Crippen MR) is 112 cm³/mol. The molecule has 0 N–H and O–H groups in total. The van der Waals surface area contributed by atoms with Crippen LogP contribution in [0.25, 0.3) is 0 Å². The van der Waals surface area contributed by atoms with Gasteiger partial charge in [0.1, 0.15) is 5.71 Å². The second kappa shape index (κ2) is 7.49. The van der Waals surface area contributed by atoms with Gasteiger partial charge in [-0.25, -0.2) is 4.99 Å². The summed E-state index contributed by atoms with van der Waals surface area (Å²) < 4.78 is 5.64. The van der Waals surface area contributed by atoms with Gasteiger partial charge in [-0.3, -0.25) is 14.6 Å². The summed E-state index contributed by atoms with van der Waals surface area (Å²) in [7, 11) is 0. The van der Waals surface area contributed by atoms with Crippen LogP contribution in [0.3, 0.4) is 0 Å². The number of carbonyl (C=O) groups excluding carboxylic acids is 1. The average molecular weight is 377 g/mol. The third kappa shape index (κ3) is 3.36. The Morgan fingerprint density at radius 2 is 1.75 bits per heavy atom. The molecule has 2 aliphatic heterocycles. The summed E-state index contributed by atoms with van der Waals surface area (Å²) in [4.78, 5) is 22.3. The van der Waals surface area contributed by atoms with Crippen LogP contribution in [0.5, 0.6) is 0 Å². The maximum Gasteiger partial charge on any atom is 0.278 e. The number of rotatable bonds is 3. The van der Waals surface area contributed by atoms with Crippen LogP contribution in [0.1, 0.15) is 30.5 Å². The summed E-state index contributed by atoms with van der Waals surface area (Å²) in [6.45, 7) is 10.4. The highest BCUT2D eigenvalue weighted by Crippen LogP contribution is 2.32. The zero-order valence-corrected chi connectivity index (χ0v) is 17.0. The Morgan fingerprint density at radius 3 is 2.46 bits per heavy atom. The highest BCUT2D eigenvalue weighted by molar-refractivity contribution is 6.54. The Kier molecular flexibility index (Phi) is 5.04. The summed E-state index contributed by atoms with van der Waals surface area (Å²) in [5, 5.41) is 0. The van der Waals surface area contributed by atoms with Gasteiger partial charge in [-0.2, -0.15) is 0 Å². The highest BCUT2D eigenvalue weighted by atomic mass is 16.5. The minimum atomic E-state index is -0.0367. The Hall–Kier alpha value is -2.50. The number of benzene rings is 2. The molecule has 146 valence electrons. The summed E-state index contributed by atoms with van der Waals surface area (Å²) in [5.74, 6) is -0.0367. The molecule has 1 amide bonds.